The van der Waals surface area contributed by atoms with Crippen molar-refractivity contribution < 1.29 is 18.8 Å². The molecule has 134 valence electrons. The third-order valence-electron chi connectivity index (χ3n) is 3.60. The van der Waals surface area contributed by atoms with E-state index >= 15 is 0 Å². The lowest BCUT2D eigenvalue weighted by Gasteiger charge is -2.20. The molecule has 0 saturated carbocycles. The lowest BCUT2D eigenvalue weighted by molar-refractivity contribution is -0.125. The Morgan fingerprint density at radius 3 is 2.54 bits per heavy atom. The summed E-state index contributed by atoms with van der Waals surface area (Å²) < 4.78 is 10.5. The van der Waals surface area contributed by atoms with E-state index in [-0.39, 0.29) is 18.1 Å². The molecule has 0 aliphatic rings. The van der Waals surface area contributed by atoms with Crippen molar-refractivity contribution in [1.29, 1.82) is 0 Å². The third-order valence-corrected chi connectivity index (χ3v) is 3.60. The Hall–Kier alpha value is -3.15. The average molecular weight is 352 g/mol. The van der Waals surface area contributed by atoms with Gasteiger partial charge in [-0.05, 0) is 39.0 Å². The van der Waals surface area contributed by atoms with Crippen molar-refractivity contribution in [1.82, 2.24) is 10.5 Å². The molecular weight excluding hydrogens is 332 g/mol. The van der Waals surface area contributed by atoms with Gasteiger partial charge in [-0.15, -0.1) is 0 Å². The van der Waals surface area contributed by atoms with E-state index in [4.69, 9.17) is 9.26 Å². The molecule has 6 heteroatoms. The summed E-state index contributed by atoms with van der Waals surface area (Å²) in [5, 5.41) is 7.47. The van der Waals surface area contributed by atoms with E-state index in [9.17, 15) is 9.59 Å². The summed E-state index contributed by atoms with van der Waals surface area (Å²) in [4.78, 5) is 24.1. The Balaban J connectivity index is 1.78. The van der Waals surface area contributed by atoms with Gasteiger partial charge >= 0.3 is 5.97 Å². The first kappa shape index (κ1) is 17.7. The van der Waals surface area contributed by atoms with Gasteiger partial charge in [0.25, 0.3) is 5.91 Å². The molecule has 0 atom stereocenters. The second kappa shape index (κ2) is 7.00. The molecule has 0 aliphatic carbocycles. The van der Waals surface area contributed by atoms with Crippen LogP contribution in [0.1, 0.15) is 31.1 Å². The molecule has 0 unspecified atom stereocenters. The smallest absolute Gasteiger partial charge is 0.338 e. The van der Waals surface area contributed by atoms with Crippen molar-refractivity contribution in [3.05, 3.63) is 54.1 Å². The van der Waals surface area contributed by atoms with Gasteiger partial charge in [0.15, 0.2) is 12.4 Å². The lowest BCUT2D eigenvalue weighted by atomic mass is 10.1. The van der Waals surface area contributed by atoms with Gasteiger partial charge in [0, 0.05) is 11.1 Å². The van der Waals surface area contributed by atoms with Gasteiger partial charge in [0.05, 0.1) is 10.9 Å². The number of aromatic nitrogens is 1. The second-order valence-electron chi connectivity index (χ2n) is 6.98. The number of rotatable bonds is 4. The topological polar surface area (TPSA) is 81.4 Å². The molecule has 0 bridgehead atoms. The van der Waals surface area contributed by atoms with Gasteiger partial charge in [-0.25, -0.2) is 4.79 Å². The van der Waals surface area contributed by atoms with Crippen molar-refractivity contribution in [2.45, 2.75) is 26.3 Å². The van der Waals surface area contributed by atoms with Crippen molar-refractivity contribution in [2.24, 2.45) is 0 Å². The molecule has 1 N–H and O–H groups in total. The van der Waals surface area contributed by atoms with Crippen LogP contribution in [-0.2, 0) is 9.53 Å². The van der Waals surface area contributed by atoms with Crippen molar-refractivity contribution in [2.75, 3.05) is 6.61 Å². The largest absolute Gasteiger partial charge is 0.452 e. The Morgan fingerprint density at radius 1 is 1.12 bits per heavy atom. The highest BCUT2D eigenvalue weighted by Gasteiger charge is 2.17. The number of carbonyl (C=O) groups is 2. The predicted octanol–water partition coefficient (Wildman–Crippen LogP) is 3.57. The van der Waals surface area contributed by atoms with E-state index in [0.717, 1.165) is 5.56 Å². The van der Waals surface area contributed by atoms with E-state index < -0.39 is 5.97 Å². The number of nitrogens with zero attached hydrogens (tertiary/aromatic N) is 1. The van der Waals surface area contributed by atoms with Crippen LogP contribution in [0.25, 0.3) is 22.2 Å². The van der Waals surface area contributed by atoms with Crippen LogP contribution in [-0.4, -0.2) is 29.2 Å². The van der Waals surface area contributed by atoms with Crippen molar-refractivity contribution in [3.8, 4) is 11.3 Å². The minimum atomic E-state index is -0.573. The van der Waals surface area contributed by atoms with Gasteiger partial charge in [0.2, 0.25) is 0 Å². The first-order chi connectivity index (χ1) is 12.3. The van der Waals surface area contributed by atoms with Gasteiger partial charge in [-0.2, -0.15) is 0 Å². The lowest BCUT2D eigenvalue weighted by Crippen LogP contribution is -2.42. The van der Waals surface area contributed by atoms with E-state index in [2.05, 4.69) is 10.5 Å². The number of hydrogen-bond acceptors (Lipinski definition) is 5. The van der Waals surface area contributed by atoms with E-state index in [1.54, 1.807) is 18.2 Å². The monoisotopic (exact) mass is 352 g/mol. The summed E-state index contributed by atoms with van der Waals surface area (Å²) in [5.41, 5.74) is 1.47. The standard InChI is InChI=1S/C20H20N2O4/c1-20(2,3)21-17(23)12-25-19(24)14-9-10-16-15(11-14)18(26-22-16)13-7-5-4-6-8-13/h4-11H,12H2,1-3H3,(H,21,23). The van der Waals surface area contributed by atoms with Crippen LogP contribution in [0.4, 0.5) is 0 Å². The molecular formula is C20H20N2O4. The van der Waals surface area contributed by atoms with Crippen molar-refractivity contribution in [3.63, 3.8) is 0 Å². The molecule has 1 heterocycles. The molecule has 0 spiro atoms. The number of hydrogen-bond donors (Lipinski definition) is 1. The highest BCUT2D eigenvalue weighted by Crippen LogP contribution is 2.29. The first-order valence-corrected chi connectivity index (χ1v) is 8.26. The molecule has 1 aromatic heterocycles. The average Bonchev–Trinajstić information content (AvgIpc) is 3.02. The van der Waals surface area contributed by atoms with E-state index in [1.165, 1.54) is 0 Å². The normalized spacial score (nSPS) is 11.3. The fraction of sp³-hybridized carbons (Fsp3) is 0.250. The zero-order valence-electron chi connectivity index (χ0n) is 14.9. The zero-order valence-corrected chi connectivity index (χ0v) is 14.9. The third kappa shape index (κ3) is 4.08. The molecule has 3 aromatic rings. The Bertz CT molecular complexity index is 939. The van der Waals surface area contributed by atoms with Gasteiger partial charge in [-0.3, -0.25) is 4.79 Å². The number of ether oxygens (including phenoxy) is 1. The van der Waals surface area contributed by atoms with Crippen LogP contribution in [0.15, 0.2) is 53.1 Å². The maximum atomic E-state index is 12.3. The number of benzene rings is 2. The molecule has 0 saturated heterocycles. The molecule has 0 aliphatic heterocycles. The predicted molar refractivity (Wildman–Crippen MR) is 97.6 cm³/mol. The Kier molecular flexibility index (Phi) is 4.75. The zero-order chi connectivity index (χ0) is 18.7. The SMILES string of the molecule is CC(C)(C)NC(=O)COC(=O)c1ccc2noc(-c3ccccc3)c2c1. The number of fused-ring (bicyclic) bond motifs is 1. The fourth-order valence-corrected chi connectivity index (χ4v) is 2.53. The highest BCUT2D eigenvalue weighted by molar-refractivity contribution is 5.99. The van der Waals surface area contributed by atoms with Crippen LogP contribution < -0.4 is 5.32 Å². The molecule has 0 radical (unpaired) electrons. The van der Waals surface area contributed by atoms with Crippen LogP contribution in [0.3, 0.4) is 0 Å². The summed E-state index contributed by atoms with van der Waals surface area (Å²) >= 11 is 0. The number of nitrogens with one attached hydrogen (secondary N) is 1. The molecule has 26 heavy (non-hydrogen) atoms. The maximum absolute atomic E-state index is 12.3. The molecule has 6 nitrogen and oxygen atoms in total. The summed E-state index contributed by atoms with van der Waals surface area (Å²) in [5.74, 6) is -0.334. The van der Waals surface area contributed by atoms with Crippen LogP contribution in [0, 0.1) is 0 Å². The minimum absolute atomic E-state index is 0.330. The second-order valence-corrected chi connectivity index (χ2v) is 6.98. The van der Waals surface area contributed by atoms with Gasteiger partial charge in [0.1, 0.15) is 5.52 Å². The van der Waals surface area contributed by atoms with E-state index in [1.807, 2.05) is 51.1 Å². The quantitative estimate of drug-likeness (QED) is 0.726. The summed E-state index contributed by atoms with van der Waals surface area (Å²) in [7, 11) is 0. The summed E-state index contributed by atoms with van der Waals surface area (Å²) in [6.45, 7) is 5.25. The maximum Gasteiger partial charge on any atom is 0.338 e. The number of esters is 1. The van der Waals surface area contributed by atoms with Gasteiger partial charge < -0.3 is 14.6 Å². The minimum Gasteiger partial charge on any atom is -0.452 e. The van der Waals surface area contributed by atoms with Crippen molar-refractivity contribution >= 4 is 22.8 Å². The Labute approximate surface area is 151 Å². The molecule has 0 fully saturated rings. The van der Waals surface area contributed by atoms with Gasteiger partial charge in [-0.1, -0.05) is 35.5 Å². The summed E-state index contributed by atoms with van der Waals surface area (Å²) in [6, 6.07) is 14.5. The summed E-state index contributed by atoms with van der Waals surface area (Å²) in [6.07, 6.45) is 0. The van der Waals surface area contributed by atoms with E-state index in [0.29, 0.717) is 22.2 Å². The Morgan fingerprint density at radius 2 is 1.85 bits per heavy atom. The molecule has 3 rings (SSSR count). The highest BCUT2D eigenvalue weighted by atomic mass is 16.5. The van der Waals surface area contributed by atoms with Crippen LogP contribution in [0.2, 0.25) is 0 Å². The van der Waals surface area contributed by atoms with Crippen LogP contribution >= 0.6 is 0 Å². The molecule has 1 amide bonds. The molecule has 2 aromatic carbocycles. The fourth-order valence-electron chi connectivity index (χ4n) is 2.53. The van der Waals surface area contributed by atoms with Crippen LogP contribution in [0.5, 0.6) is 0 Å². The first-order valence-electron chi connectivity index (χ1n) is 8.26. The number of amides is 1. The number of carbonyl (C=O) groups excluding carboxylic acids is 2.